The van der Waals surface area contributed by atoms with Crippen LogP contribution in [0, 0.1) is 11.3 Å². The molecule has 0 saturated carbocycles. The van der Waals surface area contributed by atoms with Crippen molar-refractivity contribution >= 4 is 5.97 Å². The van der Waals surface area contributed by atoms with E-state index in [1.165, 1.54) is 25.3 Å². The number of ether oxygens (including phenoxy) is 1. The van der Waals surface area contributed by atoms with Gasteiger partial charge in [0, 0.05) is 0 Å². The van der Waals surface area contributed by atoms with E-state index in [4.69, 9.17) is 5.26 Å². The molecule has 0 aliphatic carbocycles. The number of nitriles is 1. The smallest absolute Gasteiger partial charge is 0.339 e. The quantitative estimate of drug-likeness (QED) is 0.651. The standard InChI is InChI=1S/C9H7NO3/c1-13-9(12)6-3-2-4-8(11)7(6)5-10/h2-4,11H,1H3. The Bertz CT molecular complexity index is 379. The lowest BCUT2D eigenvalue weighted by molar-refractivity contribution is 0.0600. The molecule has 0 bridgehead atoms. The first-order chi connectivity index (χ1) is 6.20. The lowest BCUT2D eigenvalue weighted by Gasteiger charge is -2.02. The molecule has 0 heterocycles. The number of nitrogens with zero attached hydrogens (tertiary/aromatic N) is 1. The van der Waals surface area contributed by atoms with Crippen molar-refractivity contribution in [3.63, 3.8) is 0 Å². The fraction of sp³-hybridized carbons (Fsp3) is 0.111. The minimum absolute atomic E-state index is 0.0608. The first-order valence-electron chi connectivity index (χ1n) is 3.51. The molecule has 0 unspecified atom stereocenters. The fourth-order valence-corrected chi connectivity index (χ4v) is 0.938. The van der Waals surface area contributed by atoms with E-state index >= 15 is 0 Å². The van der Waals surface area contributed by atoms with Gasteiger partial charge in [-0.2, -0.15) is 5.26 Å². The van der Waals surface area contributed by atoms with Crippen LogP contribution in [-0.4, -0.2) is 18.2 Å². The van der Waals surface area contributed by atoms with E-state index in [0.29, 0.717) is 0 Å². The van der Waals surface area contributed by atoms with Crippen LogP contribution in [0.4, 0.5) is 0 Å². The van der Waals surface area contributed by atoms with Crippen LogP contribution in [0.1, 0.15) is 15.9 Å². The van der Waals surface area contributed by atoms with Crippen molar-refractivity contribution in [2.45, 2.75) is 0 Å². The van der Waals surface area contributed by atoms with Crippen LogP contribution >= 0.6 is 0 Å². The molecule has 0 spiro atoms. The lowest BCUT2D eigenvalue weighted by atomic mass is 10.1. The minimum Gasteiger partial charge on any atom is -0.507 e. The number of rotatable bonds is 1. The average molecular weight is 177 g/mol. The maximum atomic E-state index is 11.1. The van der Waals surface area contributed by atoms with E-state index in [1.807, 2.05) is 0 Å². The molecule has 0 saturated heterocycles. The highest BCUT2D eigenvalue weighted by Gasteiger charge is 2.13. The first kappa shape index (κ1) is 9.07. The number of hydrogen-bond acceptors (Lipinski definition) is 4. The maximum Gasteiger partial charge on any atom is 0.339 e. The number of phenolic OH excluding ortho intramolecular Hbond substituents is 1. The van der Waals surface area contributed by atoms with Gasteiger partial charge in [-0.25, -0.2) is 4.79 Å². The molecule has 0 atom stereocenters. The summed E-state index contributed by atoms with van der Waals surface area (Å²) in [5.74, 6) is -0.849. The molecular formula is C9H7NO3. The molecule has 0 aliphatic heterocycles. The second-order valence-corrected chi connectivity index (χ2v) is 2.30. The zero-order chi connectivity index (χ0) is 9.84. The summed E-state index contributed by atoms with van der Waals surface area (Å²) in [7, 11) is 1.22. The first-order valence-corrected chi connectivity index (χ1v) is 3.51. The zero-order valence-corrected chi connectivity index (χ0v) is 6.94. The number of phenols is 1. The zero-order valence-electron chi connectivity index (χ0n) is 6.94. The maximum absolute atomic E-state index is 11.1. The van der Waals surface area contributed by atoms with E-state index in [-0.39, 0.29) is 16.9 Å². The van der Waals surface area contributed by atoms with Crippen molar-refractivity contribution in [3.05, 3.63) is 29.3 Å². The molecule has 1 aromatic carbocycles. The van der Waals surface area contributed by atoms with Crippen LogP contribution in [0.3, 0.4) is 0 Å². The van der Waals surface area contributed by atoms with Crippen molar-refractivity contribution < 1.29 is 14.6 Å². The van der Waals surface area contributed by atoms with E-state index in [1.54, 1.807) is 6.07 Å². The molecule has 1 aromatic rings. The third-order valence-electron chi connectivity index (χ3n) is 1.56. The summed E-state index contributed by atoms with van der Waals surface area (Å²) in [5, 5.41) is 17.8. The SMILES string of the molecule is COC(=O)c1cccc(O)c1C#N. The second kappa shape index (κ2) is 3.59. The highest BCUT2D eigenvalue weighted by molar-refractivity contribution is 5.93. The molecule has 1 rings (SSSR count). The van der Waals surface area contributed by atoms with Gasteiger partial charge >= 0.3 is 5.97 Å². The van der Waals surface area contributed by atoms with Crippen LogP contribution in [0.2, 0.25) is 0 Å². The van der Waals surface area contributed by atoms with E-state index in [0.717, 1.165) is 0 Å². The van der Waals surface area contributed by atoms with Gasteiger partial charge in [0.15, 0.2) is 0 Å². The number of carbonyl (C=O) groups is 1. The molecule has 0 amide bonds. The van der Waals surface area contributed by atoms with Crippen LogP contribution in [0.25, 0.3) is 0 Å². The highest BCUT2D eigenvalue weighted by Crippen LogP contribution is 2.20. The van der Waals surface area contributed by atoms with Crippen LogP contribution < -0.4 is 0 Å². The molecule has 13 heavy (non-hydrogen) atoms. The molecule has 4 heteroatoms. The largest absolute Gasteiger partial charge is 0.507 e. The minimum atomic E-state index is -0.632. The molecule has 66 valence electrons. The predicted octanol–water partition coefficient (Wildman–Crippen LogP) is 1.05. The van der Waals surface area contributed by atoms with Crippen molar-refractivity contribution in [3.8, 4) is 11.8 Å². The monoisotopic (exact) mass is 177 g/mol. The van der Waals surface area contributed by atoms with E-state index < -0.39 is 5.97 Å². The summed E-state index contributed by atoms with van der Waals surface area (Å²) in [6.07, 6.45) is 0. The van der Waals surface area contributed by atoms with Crippen molar-refractivity contribution in [1.82, 2.24) is 0 Å². The lowest BCUT2D eigenvalue weighted by Crippen LogP contribution is -2.03. The van der Waals surface area contributed by atoms with E-state index in [2.05, 4.69) is 4.74 Å². The van der Waals surface area contributed by atoms with Crippen molar-refractivity contribution in [1.29, 1.82) is 5.26 Å². The summed E-state index contributed by atoms with van der Waals surface area (Å²) in [6, 6.07) is 5.96. The third-order valence-corrected chi connectivity index (χ3v) is 1.56. The topological polar surface area (TPSA) is 70.3 Å². The van der Waals surface area contributed by atoms with Gasteiger partial charge in [-0.05, 0) is 12.1 Å². The Kier molecular flexibility index (Phi) is 2.50. The van der Waals surface area contributed by atoms with E-state index in [9.17, 15) is 9.90 Å². The van der Waals surface area contributed by atoms with Gasteiger partial charge in [0.05, 0.1) is 12.7 Å². The van der Waals surface area contributed by atoms with Gasteiger partial charge in [0.1, 0.15) is 17.4 Å². The predicted molar refractivity (Wildman–Crippen MR) is 44.2 cm³/mol. The Labute approximate surface area is 75.0 Å². The highest BCUT2D eigenvalue weighted by atomic mass is 16.5. The molecule has 0 radical (unpaired) electrons. The van der Waals surface area contributed by atoms with Crippen LogP contribution in [-0.2, 0) is 4.74 Å². The van der Waals surface area contributed by atoms with Gasteiger partial charge in [-0.15, -0.1) is 0 Å². The summed E-state index contributed by atoms with van der Waals surface area (Å²) >= 11 is 0. The number of benzene rings is 1. The molecule has 4 nitrogen and oxygen atoms in total. The van der Waals surface area contributed by atoms with Gasteiger partial charge < -0.3 is 9.84 Å². The number of esters is 1. The van der Waals surface area contributed by atoms with Crippen LogP contribution in [0.15, 0.2) is 18.2 Å². The molecule has 0 fully saturated rings. The Morgan fingerprint density at radius 1 is 1.62 bits per heavy atom. The molecule has 0 aromatic heterocycles. The molecule has 1 N–H and O–H groups in total. The second-order valence-electron chi connectivity index (χ2n) is 2.30. The Morgan fingerprint density at radius 2 is 2.31 bits per heavy atom. The van der Waals surface area contributed by atoms with Crippen molar-refractivity contribution in [2.24, 2.45) is 0 Å². The summed E-state index contributed by atoms with van der Waals surface area (Å²) in [5.41, 5.74) is 0.0133. The number of methoxy groups -OCH3 is 1. The fourth-order valence-electron chi connectivity index (χ4n) is 0.938. The number of aromatic hydroxyl groups is 1. The van der Waals surface area contributed by atoms with Crippen LogP contribution in [0.5, 0.6) is 5.75 Å². The Balaban J connectivity index is 3.30. The van der Waals surface area contributed by atoms with Gasteiger partial charge in [0.2, 0.25) is 0 Å². The van der Waals surface area contributed by atoms with Gasteiger partial charge in [0.25, 0.3) is 0 Å². The number of carbonyl (C=O) groups excluding carboxylic acids is 1. The van der Waals surface area contributed by atoms with Gasteiger partial charge in [-0.1, -0.05) is 6.07 Å². The normalized spacial score (nSPS) is 8.92. The molecular weight excluding hydrogens is 170 g/mol. The molecule has 0 aliphatic rings. The van der Waals surface area contributed by atoms with Crippen molar-refractivity contribution in [2.75, 3.05) is 7.11 Å². The number of hydrogen-bond donors (Lipinski definition) is 1. The summed E-state index contributed by atoms with van der Waals surface area (Å²) in [6.45, 7) is 0. The third kappa shape index (κ3) is 1.59. The summed E-state index contributed by atoms with van der Waals surface area (Å²) in [4.78, 5) is 11.1. The average Bonchev–Trinajstić information content (AvgIpc) is 2.16. The van der Waals surface area contributed by atoms with Gasteiger partial charge in [-0.3, -0.25) is 0 Å². The summed E-state index contributed by atoms with van der Waals surface area (Å²) < 4.78 is 4.43. The Hall–Kier alpha value is -2.02. The Morgan fingerprint density at radius 3 is 2.85 bits per heavy atom.